The summed E-state index contributed by atoms with van der Waals surface area (Å²) in [7, 11) is 0. The molecule has 0 fully saturated rings. The molecule has 0 aliphatic rings. The highest BCUT2D eigenvalue weighted by molar-refractivity contribution is 5.71. The smallest absolute Gasteiger partial charge is 0.169 e. The Labute approximate surface area is 123 Å². The van der Waals surface area contributed by atoms with Crippen molar-refractivity contribution in [3.05, 3.63) is 72.8 Å². The highest BCUT2D eigenvalue weighted by atomic mass is 16.5. The predicted octanol–water partition coefficient (Wildman–Crippen LogP) is 4.43. The molecule has 0 spiro atoms. The number of hydrogen-bond donors (Lipinski definition) is 2. The maximum absolute atomic E-state index is 9.73. The molecule has 3 aromatic carbocycles. The van der Waals surface area contributed by atoms with Gasteiger partial charge in [-0.25, -0.2) is 0 Å². The van der Waals surface area contributed by atoms with Gasteiger partial charge >= 0.3 is 0 Å². The molecule has 0 saturated carbocycles. The van der Waals surface area contributed by atoms with Crippen molar-refractivity contribution in [3.63, 3.8) is 0 Å². The lowest BCUT2D eigenvalue weighted by Crippen LogP contribution is -1.93. The minimum atomic E-state index is 0.0871. The fourth-order valence-corrected chi connectivity index (χ4v) is 2.11. The molecule has 0 heterocycles. The number of ether oxygens (including phenoxy) is 1. The Hall–Kier alpha value is -2.94. The van der Waals surface area contributed by atoms with Gasteiger partial charge in [0, 0.05) is 0 Å². The lowest BCUT2D eigenvalue weighted by atomic mass is 10.1. The summed E-state index contributed by atoms with van der Waals surface area (Å²) in [6, 6.07) is 22.4. The number of nitrogens with two attached hydrogens (primary N) is 1. The number of anilines is 1. The van der Waals surface area contributed by atoms with Crippen molar-refractivity contribution in [2.75, 3.05) is 5.73 Å². The van der Waals surface area contributed by atoms with E-state index in [0.29, 0.717) is 17.2 Å². The molecule has 0 aliphatic heterocycles. The maximum Gasteiger partial charge on any atom is 0.169 e. The van der Waals surface area contributed by atoms with Crippen LogP contribution in [0, 0.1) is 0 Å². The van der Waals surface area contributed by atoms with Crippen molar-refractivity contribution in [1.29, 1.82) is 0 Å². The number of phenols is 1. The topological polar surface area (TPSA) is 55.5 Å². The van der Waals surface area contributed by atoms with Crippen LogP contribution in [-0.2, 0) is 0 Å². The van der Waals surface area contributed by atoms with Crippen LogP contribution < -0.4 is 10.5 Å². The fraction of sp³-hybridized carbons (Fsp3) is 0. The molecule has 0 aliphatic carbocycles. The monoisotopic (exact) mass is 277 g/mol. The normalized spacial score (nSPS) is 10.3. The second-order valence-corrected chi connectivity index (χ2v) is 4.69. The number of aromatic hydroxyl groups is 1. The first-order valence-electron chi connectivity index (χ1n) is 6.65. The third kappa shape index (κ3) is 2.82. The second kappa shape index (κ2) is 5.59. The van der Waals surface area contributed by atoms with Gasteiger partial charge in [0.2, 0.25) is 0 Å². The van der Waals surface area contributed by atoms with Crippen molar-refractivity contribution in [2.45, 2.75) is 0 Å². The first-order chi connectivity index (χ1) is 10.2. The zero-order valence-electron chi connectivity index (χ0n) is 11.4. The van der Waals surface area contributed by atoms with Crippen LogP contribution in [0.4, 0.5) is 5.69 Å². The Balaban J connectivity index is 1.90. The number of nitrogen functional groups attached to an aromatic ring is 1. The summed E-state index contributed by atoms with van der Waals surface area (Å²) in [6.07, 6.45) is 0. The van der Waals surface area contributed by atoms with Gasteiger partial charge in [0.15, 0.2) is 17.2 Å². The minimum absolute atomic E-state index is 0.0871. The Morgan fingerprint density at radius 3 is 2.14 bits per heavy atom. The standard InChI is InChI=1S/C18H15NO2/c19-15-12-14(13-6-2-1-3-7-13)10-11-17(15)21-18-9-5-4-8-16(18)20/h1-12,20H,19H2. The molecular weight excluding hydrogens is 262 g/mol. The van der Waals surface area contributed by atoms with Crippen molar-refractivity contribution in [1.82, 2.24) is 0 Å². The molecular formula is C18H15NO2. The zero-order chi connectivity index (χ0) is 14.7. The van der Waals surface area contributed by atoms with Gasteiger partial charge in [-0.1, -0.05) is 48.5 Å². The van der Waals surface area contributed by atoms with Gasteiger partial charge in [-0.2, -0.15) is 0 Å². The van der Waals surface area contributed by atoms with Crippen LogP contribution in [0.25, 0.3) is 11.1 Å². The molecule has 3 heteroatoms. The summed E-state index contributed by atoms with van der Waals surface area (Å²) >= 11 is 0. The molecule has 21 heavy (non-hydrogen) atoms. The highest BCUT2D eigenvalue weighted by Gasteiger charge is 2.07. The van der Waals surface area contributed by atoms with E-state index in [0.717, 1.165) is 11.1 Å². The number of para-hydroxylation sites is 2. The number of phenolic OH excluding ortho intramolecular Hbond substituents is 1. The van der Waals surface area contributed by atoms with E-state index < -0.39 is 0 Å². The molecule has 0 atom stereocenters. The van der Waals surface area contributed by atoms with Crippen LogP contribution in [0.15, 0.2) is 72.8 Å². The second-order valence-electron chi connectivity index (χ2n) is 4.69. The Morgan fingerprint density at radius 2 is 1.43 bits per heavy atom. The molecule has 3 N–H and O–H groups in total. The van der Waals surface area contributed by atoms with E-state index in [1.54, 1.807) is 24.3 Å². The summed E-state index contributed by atoms with van der Waals surface area (Å²) in [5.74, 6) is 0.997. The summed E-state index contributed by atoms with van der Waals surface area (Å²) in [6.45, 7) is 0. The first kappa shape index (κ1) is 13.1. The molecule has 0 unspecified atom stereocenters. The van der Waals surface area contributed by atoms with E-state index in [1.165, 1.54) is 0 Å². The molecule has 3 nitrogen and oxygen atoms in total. The van der Waals surface area contributed by atoms with Gasteiger partial charge in [-0.3, -0.25) is 0 Å². The highest BCUT2D eigenvalue weighted by Crippen LogP contribution is 2.35. The zero-order valence-corrected chi connectivity index (χ0v) is 11.4. The number of benzene rings is 3. The van der Waals surface area contributed by atoms with Crippen LogP contribution in [0.1, 0.15) is 0 Å². The van der Waals surface area contributed by atoms with Gasteiger partial charge in [0.05, 0.1) is 5.69 Å². The Kier molecular flexibility index (Phi) is 3.48. The van der Waals surface area contributed by atoms with E-state index in [4.69, 9.17) is 10.5 Å². The van der Waals surface area contributed by atoms with E-state index >= 15 is 0 Å². The molecule has 3 rings (SSSR count). The average Bonchev–Trinajstić information content (AvgIpc) is 2.52. The van der Waals surface area contributed by atoms with Gasteiger partial charge in [-0.05, 0) is 35.4 Å². The molecule has 0 amide bonds. The van der Waals surface area contributed by atoms with Gasteiger partial charge < -0.3 is 15.6 Å². The van der Waals surface area contributed by atoms with E-state index in [-0.39, 0.29) is 5.75 Å². The maximum atomic E-state index is 9.73. The third-order valence-electron chi connectivity index (χ3n) is 3.20. The van der Waals surface area contributed by atoms with Crippen molar-refractivity contribution >= 4 is 5.69 Å². The van der Waals surface area contributed by atoms with Crippen LogP contribution in [0.5, 0.6) is 17.2 Å². The largest absolute Gasteiger partial charge is 0.504 e. The van der Waals surface area contributed by atoms with Crippen LogP contribution >= 0.6 is 0 Å². The third-order valence-corrected chi connectivity index (χ3v) is 3.20. The summed E-state index contributed by atoms with van der Waals surface area (Å²) in [4.78, 5) is 0. The van der Waals surface area contributed by atoms with E-state index in [2.05, 4.69) is 0 Å². The van der Waals surface area contributed by atoms with Gasteiger partial charge in [0.1, 0.15) is 0 Å². The molecule has 104 valence electrons. The number of hydrogen-bond acceptors (Lipinski definition) is 3. The SMILES string of the molecule is Nc1cc(-c2ccccc2)ccc1Oc1ccccc1O. The lowest BCUT2D eigenvalue weighted by molar-refractivity contribution is 0.412. The molecule has 0 aromatic heterocycles. The van der Waals surface area contributed by atoms with Crippen molar-refractivity contribution in [3.8, 4) is 28.4 Å². The summed E-state index contributed by atoms with van der Waals surface area (Å²) < 4.78 is 5.66. The fourth-order valence-electron chi connectivity index (χ4n) is 2.11. The van der Waals surface area contributed by atoms with E-state index in [1.807, 2.05) is 48.5 Å². The van der Waals surface area contributed by atoms with Gasteiger partial charge in [0.25, 0.3) is 0 Å². The average molecular weight is 277 g/mol. The van der Waals surface area contributed by atoms with Crippen LogP contribution in [-0.4, -0.2) is 5.11 Å². The van der Waals surface area contributed by atoms with Crippen LogP contribution in [0.3, 0.4) is 0 Å². The minimum Gasteiger partial charge on any atom is -0.504 e. The predicted molar refractivity (Wildman–Crippen MR) is 84.5 cm³/mol. The summed E-state index contributed by atoms with van der Waals surface area (Å²) in [5.41, 5.74) is 8.70. The molecule has 0 bridgehead atoms. The van der Waals surface area contributed by atoms with Crippen molar-refractivity contribution < 1.29 is 9.84 Å². The first-order valence-corrected chi connectivity index (χ1v) is 6.65. The van der Waals surface area contributed by atoms with E-state index in [9.17, 15) is 5.11 Å². The molecule has 3 aromatic rings. The van der Waals surface area contributed by atoms with Crippen molar-refractivity contribution in [2.24, 2.45) is 0 Å². The van der Waals surface area contributed by atoms with Crippen LogP contribution in [0.2, 0.25) is 0 Å². The summed E-state index contributed by atoms with van der Waals surface area (Å²) in [5, 5.41) is 9.73. The molecule has 0 radical (unpaired) electrons. The van der Waals surface area contributed by atoms with Gasteiger partial charge in [-0.15, -0.1) is 0 Å². The lowest BCUT2D eigenvalue weighted by Gasteiger charge is -2.11. The number of rotatable bonds is 3. The quantitative estimate of drug-likeness (QED) is 0.696. The Morgan fingerprint density at radius 1 is 0.714 bits per heavy atom. The Bertz CT molecular complexity index is 754. The molecule has 0 saturated heterocycles.